The van der Waals surface area contributed by atoms with Crippen molar-refractivity contribution < 1.29 is 34.3 Å². The SMILES string of the molecule is C#CC1=CN([C@@H]2O[C@](F)(CO)[C@@H](O)[C@H]2O)C(O)N=C1OCC. The number of terminal acetylenes is 1. The summed E-state index contributed by atoms with van der Waals surface area (Å²) in [6, 6.07) is 0. The summed E-state index contributed by atoms with van der Waals surface area (Å²) in [7, 11) is 0. The van der Waals surface area contributed by atoms with Crippen molar-refractivity contribution in [2.24, 2.45) is 4.99 Å². The number of aliphatic imine (C=N–C) groups is 1. The average molecular weight is 316 g/mol. The molecule has 2 aliphatic heterocycles. The topological polar surface area (TPSA) is 115 Å². The highest BCUT2D eigenvalue weighted by Crippen LogP contribution is 2.35. The van der Waals surface area contributed by atoms with E-state index in [2.05, 4.69) is 10.9 Å². The summed E-state index contributed by atoms with van der Waals surface area (Å²) in [5.74, 6) is -0.542. The highest BCUT2D eigenvalue weighted by Gasteiger charge is 2.57. The van der Waals surface area contributed by atoms with Gasteiger partial charge in [-0.1, -0.05) is 5.92 Å². The predicted octanol–water partition coefficient (Wildman–Crippen LogP) is -1.73. The number of aliphatic hydroxyl groups excluding tert-OH is 4. The molecule has 22 heavy (non-hydrogen) atoms. The number of ether oxygens (including phenoxy) is 2. The molecule has 5 atom stereocenters. The lowest BCUT2D eigenvalue weighted by molar-refractivity contribution is -0.223. The Balaban J connectivity index is 2.27. The number of nitrogens with zero attached hydrogens (tertiary/aromatic N) is 2. The van der Waals surface area contributed by atoms with Crippen LogP contribution in [0.1, 0.15) is 6.92 Å². The van der Waals surface area contributed by atoms with Crippen molar-refractivity contribution in [1.82, 2.24) is 4.90 Å². The molecule has 4 N–H and O–H groups in total. The fraction of sp³-hybridized carbons (Fsp3) is 0.615. The van der Waals surface area contributed by atoms with Gasteiger partial charge in [-0.2, -0.15) is 4.99 Å². The van der Waals surface area contributed by atoms with E-state index >= 15 is 0 Å². The van der Waals surface area contributed by atoms with Gasteiger partial charge in [0, 0.05) is 6.20 Å². The lowest BCUT2D eigenvalue weighted by Gasteiger charge is -2.34. The van der Waals surface area contributed by atoms with Crippen molar-refractivity contribution in [3.8, 4) is 12.3 Å². The molecule has 2 aliphatic rings. The van der Waals surface area contributed by atoms with E-state index in [1.807, 2.05) is 0 Å². The Morgan fingerprint density at radius 3 is 2.73 bits per heavy atom. The second-order valence-electron chi connectivity index (χ2n) is 4.74. The molecule has 0 aromatic carbocycles. The maximum absolute atomic E-state index is 14.1. The minimum atomic E-state index is -2.85. The standard InChI is InChI=1S/C13H17FN2O6/c1-3-7-5-16(12(20)15-10(7)21-4-2)11-8(18)9(19)13(14,6-17)22-11/h1,5,8-9,11-12,17-20H,4,6H2,2H3/t8-,9+,11-,12?,13-/m1/s1. The van der Waals surface area contributed by atoms with Crippen LogP contribution in [0.4, 0.5) is 4.39 Å². The van der Waals surface area contributed by atoms with Crippen LogP contribution in [0.25, 0.3) is 0 Å². The molecule has 1 fully saturated rings. The maximum Gasteiger partial charge on any atom is 0.263 e. The van der Waals surface area contributed by atoms with Gasteiger partial charge in [0.1, 0.15) is 24.4 Å². The summed E-state index contributed by atoms with van der Waals surface area (Å²) >= 11 is 0. The number of aliphatic hydroxyl groups is 4. The lowest BCUT2D eigenvalue weighted by Crippen LogP contribution is -2.48. The number of rotatable bonds is 3. The molecule has 9 heteroatoms. The second-order valence-corrected chi connectivity index (χ2v) is 4.74. The fourth-order valence-electron chi connectivity index (χ4n) is 2.19. The molecule has 0 radical (unpaired) electrons. The first-order valence-electron chi connectivity index (χ1n) is 6.56. The second kappa shape index (κ2) is 6.20. The number of alkyl halides is 1. The van der Waals surface area contributed by atoms with Gasteiger partial charge < -0.3 is 34.8 Å². The summed E-state index contributed by atoms with van der Waals surface area (Å²) in [5, 5.41) is 38.4. The molecule has 0 bridgehead atoms. The van der Waals surface area contributed by atoms with E-state index in [0.717, 1.165) is 4.90 Å². The molecule has 0 aromatic rings. The molecular weight excluding hydrogens is 299 g/mol. The smallest absolute Gasteiger partial charge is 0.263 e. The van der Waals surface area contributed by atoms with E-state index in [0.29, 0.717) is 0 Å². The minimum Gasteiger partial charge on any atom is -0.477 e. The Hall–Kier alpha value is -1.70. The van der Waals surface area contributed by atoms with Gasteiger partial charge in [0.2, 0.25) is 12.2 Å². The molecule has 0 spiro atoms. The van der Waals surface area contributed by atoms with Crippen LogP contribution in [0.5, 0.6) is 0 Å². The van der Waals surface area contributed by atoms with Crippen LogP contribution in [0, 0.1) is 12.3 Å². The van der Waals surface area contributed by atoms with Crippen molar-refractivity contribution >= 4 is 5.90 Å². The van der Waals surface area contributed by atoms with Crippen LogP contribution < -0.4 is 0 Å². The molecule has 2 rings (SSSR count). The van der Waals surface area contributed by atoms with Crippen molar-refractivity contribution in [1.29, 1.82) is 0 Å². The van der Waals surface area contributed by atoms with Crippen LogP contribution in [0.2, 0.25) is 0 Å². The monoisotopic (exact) mass is 316 g/mol. The van der Waals surface area contributed by atoms with Crippen LogP contribution in [0.15, 0.2) is 16.8 Å². The molecule has 0 amide bonds. The Kier molecular flexibility index (Phi) is 4.69. The highest BCUT2D eigenvalue weighted by atomic mass is 19.2. The number of halogens is 1. The van der Waals surface area contributed by atoms with Gasteiger partial charge in [0.25, 0.3) is 5.85 Å². The molecule has 0 aromatic heterocycles. The molecule has 8 nitrogen and oxygen atoms in total. The summed E-state index contributed by atoms with van der Waals surface area (Å²) in [6.45, 7) is 0.809. The Morgan fingerprint density at radius 2 is 2.23 bits per heavy atom. The minimum absolute atomic E-state index is 0.0236. The molecule has 1 unspecified atom stereocenters. The number of hydrogen-bond acceptors (Lipinski definition) is 8. The molecule has 122 valence electrons. The molecule has 1 saturated heterocycles. The van der Waals surface area contributed by atoms with Gasteiger partial charge in [0.15, 0.2) is 6.23 Å². The first-order valence-corrected chi connectivity index (χ1v) is 6.56. The Labute approximate surface area is 126 Å². The number of hydrogen-bond donors (Lipinski definition) is 4. The largest absolute Gasteiger partial charge is 0.477 e. The van der Waals surface area contributed by atoms with E-state index in [9.17, 15) is 19.7 Å². The Morgan fingerprint density at radius 1 is 1.55 bits per heavy atom. The zero-order valence-corrected chi connectivity index (χ0v) is 11.8. The predicted molar refractivity (Wildman–Crippen MR) is 71.6 cm³/mol. The van der Waals surface area contributed by atoms with E-state index < -0.39 is 37.2 Å². The van der Waals surface area contributed by atoms with Gasteiger partial charge in [-0.05, 0) is 6.92 Å². The van der Waals surface area contributed by atoms with Crippen LogP contribution in [-0.4, -0.2) is 75.1 Å². The van der Waals surface area contributed by atoms with E-state index in [-0.39, 0.29) is 18.1 Å². The highest BCUT2D eigenvalue weighted by molar-refractivity contribution is 5.98. The summed E-state index contributed by atoms with van der Waals surface area (Å²) in [5.41, 5.74) is 0.151. The fourth-order valence-corrected chi connectivity index (χ4v) is 2.19. The zero-order chi connectivity index (χ0) is 16.5. The summed E-state index contributed by atoms with van der Waals surface area (Å²) < 4.78 is 24.1. The van der Waals surface area contributed by atoms with Crippen LogP contribution in [0.3, 0.4) is 0 Å². The summed E-state index contributed by atoms with van der Waals surface area (Å²) in [4.78, 5) is 4.72. The first kappa shape index (κ1) is 16.7. The van der Waals surface area contributed by atoms with Gasteiger partial charge >= 0.3 is 0 Å². The molecule has 0 saturated carbocycles. The third-order valence-electron chi connectivity index (χ3n) is 3.33. The first-order chi connectivity index (χ1) is 10.4. The van der Waals surface area contributed by atoms with Gasteiger partial charge in [-0.25, -0.2) is 4.39 Å². The van der Waals surface area contributed by atoms with Crippen molar-refractivity contribution in [3.63, 3.8) is 0 Å². The van der Waals surface area contributed by atoms with Gasteiger partial charge in [0.05, 0.1) is 6.61 Å². The van der Waals surface area contributed by atoms with Crippen molar-refractivity contribution in [2.75, 3.05) is 13.2 Å². The van der Waals surface area contributed by atoms with Crippen molar-refractivity contribution in [2.45, 2.75) is 37.6 Å². The third-order valence-corrected chi connectivity index (χ3v) is 3.33. The van der Waals surface area contributed by atoms with Gasteiger partial charge in [-0.15, -0.1) is 6.42 Å². The Bertz CT molecular complexity index is 533. The molecule has 0 aliphatic carbocycles. The van der Waals surface area contributed by atoms with E-state index in [1.165, 1.54) is 6.20 Å². The summed E-state index contributed by atoms with van der Waals surface area (Å²) in [6.07, 6.45) is -0.255. The van der Waals surface area contributed by atoms with Crippen LogP contribution in [-0.2, 0) is 9.47 Å². The van der Waals surface area contributed by atoms with E-state index in [4.69, 9.17) is 21.0 Å². The maximum atomic E-state index is 14.1. The normalized spacial score (nSPS) is 38.3. The lowest BCUT2D eigenvalue weighted by atomic mass is 10.1. The third kappa shape index (κ3) is 2.67. The van der Waals surface area contributed by atoms with Crippen molar-refractivity contribution in [3.05, 3.63) is 11.8 Å². The van der Waals surface area contributed by atoms with Gasteiger partial charge in [-0.3, -0.25) is 0 Å². The zero-order valence-electron chi connectivity index (χ0n) is 11.8. The van der Waals surface area contributed by atoms with E-state index in [1.54, 1.807) is 6.92 Å². The molecular formula is C13H17FN2O6. The quantitative estimate of drug-likeness (QED) is 0.457. The molecule has 2 heterocycles. The average Bonchev–Trinajstić information content (AvgIpc) is 2.73. The van der Waals surface area contributed by atoms with Crippen LogP contribution >= 0.6 is 0 Å².